The fourth-order valence-electron chi connectivity index (χ4n) is 2.43. The number of quaternary nitrogens is 1. The van der Waals surface area contributed by atoms with Crippen LogP contribution in [0, 0.1) is 5.21 Å². The van der Waals surface area contributed by atoms with Crippen molar-refractivity contribution < 1.29 is 9.13 Å². The molecule has 1 aromatic carbocycles. The molecule has 1 aromatic rings. The number of epoxide rings is 1. The quantitative estimate of drug-likeness (QED) is 0.333. The van der Waals surface area contributed by atoms with Crippen molar-refractivity contribution in [2.75, 3.05) is 13.2 Å². The van der Waals surface area contributed by atoms with E-state index < -0.39 is 16.5 Å². The van der Waals surface area contributed by atoms with Gasteiger partial charge in [0.25, 0.3) is 0 Å². The van der Waals surface area contributed by atoms with Gasteiger partial charge >= 0.3 is 0 Å². The van der Waals surface area contributed by atoms with Gasteiger partial charge in [0.05, 0.1) is 13.0 Å². The Kier molecular flexibility index (Phi) is 1.93. The molecule has 3 rings (SSSR count). The molecule has 4 heteroatoms. The van der Waals surface area contributed by atoms with E-state index in [4.69, 9.17) is 4.74 Å². The molecular weight excluding hydrogens is 209 g/mol. The lowest BCUT2D eigenvalue weighted by atomic mass is 10.1. The number of hydrogen-bond acceptors (Lipinski definition) is 2. The molecule has 0 aromatic heterocycles. The van der Waals surface area contributed by atoms with Crippen molar-refractivity contribution in [2.24, 2.45) is 0 Å². The first-order chi connectivity index (χ1) is 7.54. The van der Waals surface area contributed by atoms with Crippen molar-refractivity contribution >= 4 is 5.69 Å². The number of alkyl halides is 1. The van der Waals surface area contributed by atoms with Crippen molar-refractivity contribution in [3.63, 3.8) is 0 Å². The van der Waals surface area contributed by atoms with Gasteiger partial charge in [-0.05, 0) is 13.0 Å². The Morgan fingerprint density at radius 2 is 2.25 bits per heavy atom. The number of fused-ring (bicyclic) bond motifs is 1. The molecule has 1 fully saturated rings. The minimum Gasteiger partial charge on any atom is -0.625 e. The molecule has 86 valence electrons. The van der Waals surface area contributed by atoms with Crippen LogP contribution >= 0.6 is 0 Å². The van der Waals surface area contributed by atoms with Gasteiger partial charge in [-0.2, -0.15) is 4.39 Å². The van der Waals surface area contributed by atoms with Crippen LogP contribution in [-0.4, -0.2) is 25.0 Å². The van der Waals surface area contributed by atoms with Gasteiger partial charge in [0, 0.05) is 5.56 Å². The number of nitrogens with zero attached hydrogens (tertiary/aromatic N) is 1. The zero-order valence-corrected chi connectivity index (χ0v) is 9.15. The summed E-state index contributed by atoms with van der Waals surface area (Å²) in [6.45, 7) is 2.59. The number of hydroxylamine groups is 2. The van der Waals surface area contributed by atoms with E-state index in [1.54, 1.807) is 12.1 Å². The lowest BCUT2D eigenvalue weighted by Gasteiger charge is -2.41. The topological polar surface area (TPSA) is 35.6 Å². The summed E-state index contributed by atoms with van der Waals surface area (Å²) in [6.07, 6.45) is -1.17. The molecule has 0 saturated carbocycles. The van der Waals surface area contributed by atoms with E-state index in [1.165, 1.54) is 0 Å². The van der Waals surface area contributed by atoms with Crippen LogP contribution in [0.1, 0.15) is 12.5 Å². The standard InChI is InChI=1S/C12H14FNO2/c1-12(8-16-12)7-14(15)10-5-3-2-4-9(10)6-11(14)13/h2-5,11H,6-8H2,1H3. The first-order valence-corrected chi connectivity index (χ1v) is 5.49. The van der Waals surface area contributed by atoms with E-state index in [9.17, 15) is 9.60 Å². The number of rotatable bonds is 2. The summed E-state index contributed by atoms with van der Waals surface area (Å²) in [5, 5.41) is 12.6. The summed E-state index contributed by atoms with van der Waals surface area (Å²) in [5.74, 6) is 0. The summed E-state index contributed by atoms with van der Waals surface area (Å²) < 4.78 is 18.2. The van der Waals surface area contributed by atoms with Gasteiger partial charge in [-0.3, -0.25) is 4.65 Å². The Morgan fingerprint density at radius 1 is 1.56 bits per heavy atom. The second kappa shape index (κ2) is 3.03. The molecule has 2 aliphatic heterocycles. The van der Waals surface area contributed by atoms with Gasteiger partial charge in [-0.25, -0.2) is 0 Å². The predicted molar refractivity (Wildman–Crippen MR) is 59.4 cm³/mol. The van der Waals surface area contributed by atoms with Crippen LogP contribution in [0.2, 0.25) is 0 Å². The van der Waals surface area contributed by atoms with Crippen LogP contribution in [0.3, 0.4) is 0 Å². The van der Waals surface area contributed by atoms with Crippen molar-refractivity contribution in [3.05, 3.63) is 35.0 Å². The van der Waals surface area contributed by atoms with Crippen LogP contribution < -0.4 is 4.65 Å². The highest BCUT2D eigenvalue weighted by atomic mass is 19.1. The fraction of sp³-hybridized carbons (Fsp3) is 0.500. The van der Waals surface area contributed by atoms with E-state index >= 15 is 0 Å². The van der Waals surface area contributed by atoms with E-state index in [0.29, 0.717) is 12.3 Å². The van der Waals surface area contributed by atoms with E-state index in [0.717, 1.165) is 5.56 Å². The normalized spacial score (nSPS) is 40.8. The summed E-state index contributed by atoms with van der Waals surface area (Å²) in [4.78, 5) is 0. The molecule has 3 nitrogen and oxygen atoms in total. The van der Waals surface area contributed by atoms with Gasteiger partial charge in [0.1, 0.15) is 17.8 Å². The van der Waals surface area contributed by atoms with E-state index in [-0.39, 0.29) is 13.0 Å². The molecule has 0 bridgehead atoms. The second-order valence-electron chi connectivity index (χ2n) is 4.96. The van der Waals surface area contributed by atoms with Crippen LogP contribution in [0.25, 0.3) is 0 Å². The molecule has 0 aliphatic carbocycles. The molecule has 1 saturated heterocycles. The van der Waals surface area contributed by atoms with Crippen molar-refractivity contribution in [3.8, 4) is 0 Å². The maximum absolute atomic E-state index is 13.9. The van der Waals surface area contributed by atoms with Gasteiger partial charge < -0.3 is 9.94 Å². The Hall–Kier alpha value is -0.970. The molecule has 0 radical (unpaired) electrons. The van der Waals surface area contributed by atoms with Gasteiger partial charge in [0.15, 0.2) is 0 Å². The third-order valence-electron chi connectivity index (χ3n) is 3.45. The average molecular weight is 223 g/mol. The highest BCUT2D eigenvalue weighted by Crippen LogP contribution is 2.42. The SMILES string of the molecule is CC1(C[N+]2([O-])c3ccccc3CC2F)CO1. The first kappa shape index (κ1) is 10.2. The minimum absolute atomic E-state index is 0.172. The molecule has 0 spiro atoms. The summed E-state index contributed by atoms with van der Waals surface area (Å²) in [5.41, 5.74) is 0.963. The molecule has 0 amide bonds. The molecule has 16 heavy (non-hydrogen) atoms. The van der Waals surface area contributed by atoms with Gasteiger partial charge in [0.2, 0.25) is 6.30 Å². The Morgan fingerprint density at radius 3 is 2.94 bits per heavy atom. The van der Waals surface area contributed by atoms with E-state index in [2.05, 4.69) is 0 Å². The zero-order valence-electron chi connectivity index (χ0n) is 9.15. The molecule has 3 unspecified atom stereocenters. The summed E-state index contributed by atoms with van der Waals surface area (Å²) in [7, 11) is 0. The Bertz CT molecular complexity index is 433. The largest absolute Gasteiger partial charge is 0.625 e. The fourth-order valence-corrected chi connectivity index (χ4v) is 2.43. The lowest BCUT2D eigenvalue weighted by molar-refractivity contribution is 0.125. The summed E-state index contributed by atoms with van der Waals surface area (Å²) >= 11 is 0. The van der Waals surface area contributed by atoms with Crippen molar-refractivity contribution in [1.29, 1.82) is 0 Å². The monoisotopic (exact) mass is 223 g/mol. The number of ether oxygens (including phenoxy) is 1. The summed E-state index contributed by atoms with van der Waals surface area (Å²) in [6, 6.07) is 7.19. The molecule has 2 aliphatic rings. The zero-order chi connectivity index (χ0) is 11.4. The van der Waals surface area contributed by atoms with Crippen molar-refractivity contribution in [1.82, 2.24) is 4.65 Å². The molecular formula is C12H14FNO2. The van der Waals surface area contributed by atoms with Crippen molar-refractivity contribution in [2.45, 2.75) is 25.2 Å². The number of halogens is 1. The first-order valence-electron chi connectivity index (χ1n) is 5.49. The lowest BCUT2D eigenvalue weighted by Crippen LogP contribution is -2.52. The van der Waals surface area contributed by atoms with Crippen LogP contribution in [-0.2, 0) is 11.2 Å². The number of hydrogen-bond donors (Lipinski definition) is 0. The molecule has 2 heterocycles. The van der Waals surface area contributed by atoms with Crippen LogP contribution in [0.4, 0.5) is 10.1 Å². The Balaban J connectivity index is 1.99. The highest BCUT2D eigenvalue weighted by Gasteiger charge is 2.51. The van der Waals surface area contributed by atoms with Crippen LogP contribution in [0.15, 0.2) is 24.3 Å². The molecule has 0 N–H and O–H groups in total. The molecule has 3 atom stereocenters. The van der Waals surface area contributed by atoms with E-state index in [1.807, 2.05) is 19.1 Å². The smallest absolute Gasteiger partial charge is 0.240 e. The second-order valence-corrected chi connectivity index (χ2v) is 4.96. The number of para-hydroxylation sites is 1. The highest BCUT2D eigenvalue weighted by molar-refractivity contribution is 5.56. The average Bonchev–Trinajstić information content (AvgIpc) is 2.90. The Labute approximate surface area is 93.6 Å². The van der Waals surface area contributed by atoms with Gasteiger partial charge in [-0.15, -0.1) is 0 Å². The maximum Gasteiger partial charge on any atom is 0.240 e. The number of benzene rings is 1. The minimum atomic E-state index is -1.39. The third-order valence-corrected chi connectivity index (χ3v) is 3.45. The van der Waals surface area contributed by atoms with Crippen LogP contribution in [0.5, 0.6) is 0 Å². The predicted octanol–water partition coefficient (Wildman–Crippen LogP) is 2.13. The third kappa shape index (κ3) is 1.38. The maximum atomic E-state index is 13.9. The van der Waals surface area contributed by atoms with Gasteiger partial charge in [-0.1, -0.05) is 18.2 Å².